The lowest BCUT2D eigenvalue weighted by molar-refractivity contribution is -0.186. The molecule has 0 radical (unpaired) electrons. The third-order valence-corrected chi connectivity index (χ3v) is 2.40. The highest BCUT2D eigenvalue weighted by molar-refractivity contribution is 5.72. The Kier molecular flexibility index (Phi) is 4.18. The Hall–Kier alpha value is -1.34. The summed E-state index contributed by atoms with van der Waals surface area (Å²) >= 11 is 0. The number of ether oxygens (including phenoxy) is 1. The summed E-state index contributed by atoms with van der Waals surface area (Å²) < 4.78 is 5.18. The van der Waals surface area contributed by atoms with Crippen molar-refractivity contribution in [2.75, 3.05) is 20.1 Å². The highest BCUT2D eigenvalue weighted by Gasteiger charge is 2.49. The van der Waals surface area contributed by atoms with Gasteiger partial charge in [-0.25, -0.2) is 10.3 Å². The monoisotopic (exact) mass is 260 g/mol. The van der Waals surface area contributed by atoms with Crippen LogP contribution in [0.1, 0.15) is 27.2 Å². The minimum atomic E-state index is -0.964. The van der Waals surface area contributed by atoms with Crippen molar-refractivity contribution < 1.29 is 24.3 Å². The van der Waals surface area contributed by atoms with Gasteiger partial charge in [-0.3, -0.25) is 9.63 Å². The van der Waals surface area contributed by atoms with E-state index in [1.165, 1.54) is 4.90 Å². The van der Waals surface area contributed by atoms with Crippen LogP contribution in [0.2, 0.25) is 0 Å². The zero-order valence-electron chi connectivity index (χ0n) is 11.1. The third kappa shape index (κ3) is 3.85. The summed E-state index contributed by atoms with van der Waals surface area (Å²) in [5.41, 5.74) is 1.05. The molecule has 7 heteroatoms. The van der Waals surface area contributed by atoms with Crippen molar-refractivity contribution in [1.82, 2.24) is 10.4 Å². The molecule has 0 aromatic heterocycles. The van der Waals surface area contributed by atoms with Crippen LogP contribution in [0.5, 0.6) is 0 Å². The second-order valence-electron chi connectivity index (χ2n) is 5.40. The number of hydroxylamine groups is 1. The van der Waals surface area contributed by atoms with Gasteiger partial charge in [0.2, 0.25) is 0 Å². The van der Waals surface area contributed by atoms with Crippen LogP contribution in [0.3, 0.4) is 0 Å². The van der Waals surface area contributed by atoms with Crippen LogP contribution in [0, 0.1) is 0 Å². The van der Waals surface area contributed by atoms with Gasteiger partial charge in [0.05, 0.1) is 19.5 Å². The second-order valence-corrected chi connectivity index (χ2v) is 5.40. The lowest BCUT2D eigenvalue weighted by Crippen LogP contribution is -2.67. The average molecular weight is 260 g/mol. The number of rotatable bonds is 4. The summed E-state index contributed by atoms with van der Waals surface area (Å²) in [5, 5.41) is 8.81. The summed E-state index contributed by atoms with van der Waals surface area (Å²) in [7, 11) is 1.56. The van der Waals surface area contributed by atoms with Crippen molar-refractivity contribution in [2.24, 2.45) is 0 Å². The zero-order chi connectivity index (χ0) is 14.0. The summed E-state index contributed by atoms with van der Waals surface area (Å²) in [6.45, 7) is 5.74. The highest BCUT2D eigenvalue weighted by atomic mass is 16.7. The smallest absolute Gasteiger partial charge is 0.410 e. The number of hydrogen-bond donors (Lipinski definition) is 2. The average Bonchev–Trinajstić information content (AvgIpc) is 2.09. The fraction of sp³-hybridized carbons (Fsp3) is 0.818. The van der Waals surface area contributed by atoms with Gasteiger partial charge in [-0.2, -0.15) is 0 Å². The van der Waals surface area contributed by atoms with Gasteiger partial charge in [0, 0.05) is 7.05 Å². The predicted molar refractivity (Wildman–Crippen MR) is 62.9 cm³/mol. The molecule has 1 aliphatic rings. The first-order valence-electron chi connectivity index (χ1n) is 5.72. The van der Waals surface area contributed by atoms with Gasteiger partial charge in [-0.15, -0.1) is 0 Å². The number of likely N-dealkylation sites (tertiary alicyclic amines) is 1. The van der Waals surface area contributed by atoms with Crippen molar-refractivity contribution >= 4 is 12.1 Å². The van der Waals surface area contributed by atoms with Crippen molar-refractivity contribution in [1.29, 1.82) is 0 Å². The maximum Gasteiger partial charge on any atom is 0.410 e. The Morgan fingerprint density at radius 1 is 1.39 bits per heavy atom. The molecule has 0 spiro atoms. The molecule has 18 heavy (non-hydrogen) atoms. The molecule has 0 saturated carbocycles. The maximum absolute atomic E-state index is 11.7. The van der Waals surface area contributed by atoms with E-state index in [1.54, 1.807) is 27.8 Å². The Morgan fingerprint density at radius 3 is 2.33 bits per heavy atom. The SMILES string of the molecule is CNOC1(CC(=O)O)CN(C(=O)OC(C)(C)C)C1. The van der Waals surface area contributed by atoms with E-state index in [0.717, 1.165) is 0 Å². The number of amides is 1. The van der Waals surface area contributed by atoms with Gasteiger partial charge in [-0.05, 0) is 20.8 Å². The normalized spacial score (nSPS) is 18.1. The van der Waals surface area contributed by atoms with Crippen LogP contribution in [0.25, 0.3) is 0 Å². The molecule has 1 aliphatic heterocycles. The van der Waals surface area contributed by atoms with Gasteiger partial charge < -0.3 is 14.7 Å². The molecule has 0 bridgehead atoms. The minimum Gasteiger partial charge on any atom is -0.481 e. The minimum absolute atomic E-state index is 0.160. The number of carboxylic acid groups (broad SMARTS) is 1. The summed E-state index contributed by atoms with van der Waals surface area (Å²) in [5.74, 6) is -0.964. The quantitative estimate of drug-likeness (QED) is 0.720. The molecule has 7 nitrogen and oxygen atoms in total. The van der Waals surface area contributed by atoms with E-state index in [4.69, 9.17) is 14.7 Å². The molecule has 1 amide bonds. The molecule has 0 aromatic rings. The van der Waals surface area contributed by atoms with Crippen LogP contribution in [-0.2, 0) is 14.4 Å². The van der Waals surface area contributed by atoms with Gasteiger partial charge >= 0.3 is 12.1 Å². The zero-order valence-corrected chi connectivity index (χ0v) is 11.1. The number of nitrogens with one attached hydrogen (secondary N) is 1. The standard InChI is InChI=1S/C11H20N2O5/c1-10(2,3)17-9(16)13-6-11(7-13,18-12-4)5-8(14)15/h12H,5-7H2,1-4H3,(H,14,15). The van der Waals surface area contributed by atoms with Crippen LogP contribution in [-0.4, -0.2) is 53.4 Å². The second kappa shape index (κ2) is 5.11. The van der Waals surface area contributed by atoms with E-state index in [0.29, 0.717) is 0 Å². The van der Waals surface area contributed by atoms with Gasteiger partial charge in [-0.1, -0.05) is 0 Å². The van der Waals surface area contributed by atoms with E-state index in [2.05, 4.69) is 5.48 Å². The Labute approximate surface area is 106 Å². The molecule has 1 heterocycles. The van der Waals surface area contributed by atoms with E-state index >= 15 is 0 Å². The van der Waals surface area contributed by atoms with Crippen LogP contribution in [0.15, 0.2) is 0 Å². The van der Waals surface area contributed by atoms with Gasteiger partial charge in [0.1, 0.15) is 11.2 Å². The molecule has 104 valence electrons. The fourth-order valence-electron chi connectivity index (χ4n) is 1.81. The molecule has 1 saturated heterocycles. The first-order valence-corrected chi connectivity index (χ1v) is 5.72. The molecule has 1 rings (SSSR count). The number of carbonyl (C=O) groups excluding carboxylic acids is 1. The third-order valence-electron chi connectivity index (χ3n) is 2.40. The fourth-order valence-corrected chi connectivity index (χ4v) is 1.81. The van der Waals surface area contributed by atoms with Gasteiger partial charge in [0.25, 0.3) is 0 Å². The molecule has 0 aromatic carbocycles. The first kappa shape index (κ1) is 14.7. The Balaban J connectivity index is 2.53. The number of nitrogens with zero attached hydrogens (tertiary/aromatic N) is 1. The number of hydrogen-bond acceptors (Lipinski definition) is 5. The van der Waals surface area contributed by atoms with Crippen molar-refractivity contribution in [3.8, 4) is 0 Å². The largest absolute Gasteiger partial charge is 0.481 e. The Bertz CT molecular complexity index is 331. The molecular formula is C11H20N2O5. The first-order chi connectivity index (χ1) is 8.17. The number of aliphatic carboxylic acids is 1. The molecule has 1 fully saturated rings. The lowest BCUT2D eigenvalue weighted by Gasteiger charge is -2.47. The number of carbonyl (C=O) groups is 2. The van der Waals surface area contributed by atoms with E-state index in [-0.39, 0.29) is 19.5 Å². The van der Waals surface area contributed by atoms with Crippen LogP contribution < -0.4 is 5.48 Å². The van der Waals surface area contributed by atoms with E-state index in [9.17, 15) is 9.59 Å². The van der Waals surface area contributed by atoms with Crippen LogP contribution >= 0.6 is 0 Å². The molecule has 0 unspecified atom stereocenters. The lowest BCUT2D eigenvalue weighted by atomic mass is 9.91. The summed E-state index contributed by atoms with van der Waals surface area (Å²) in [6.07, 6.45) is -0.615. The predicted octanol–water partition coefficient (Wildman–Crippen LogP) is 0.602. The number of carboxylic acids is 1. The summed E-state index contributed by atoms with van der Waals surface area (Å²) in [4.78, 5) is 29.1. The highest BCUT2D eigenvalue weighted by Crippen LogP contribution is 2.29. The molecule has 2 N–H and O–H groups in total. The molecular weight excluding hydrogens is 240 g/mol. The topological polar surface area (TPSA) is 88.1 Å². The van der Waals surface area contributed by atoms with Crippen molar-refractivity contribution in [2.45, 2.75) is 38.4 Å². The van der Waals surface area contributed by atoms with Crippen molar-refractivity contribution in [3.63, 3.8) is 0 Å². The van der Waals surface area contributed by atoms with Crippen LogP contribution in [0.4, 0.5) is 4.79 Å². The van der Waals surface area contributed by atoms with Gasteiger partial charge in [0.15, 0.2) is 0 Å². The summed E-state index contributed by atoms with van der Waals surface area (Å²) in [6, 6.07) is 0. The molecule has 0 aliphatic carbocycles. The maximum atomic E-state index is 11.7. The van der Waals surface area contributed by atoms with E-state index in [1.807, 2.05) is 0 Å². The van der Waals surface area contributed by atoms with Crippen molar-refractivity contribution in [3.05, 3.63) is 0 Å². The van der Waals surface area contributed by atoms with E-state index < -0.39 is 23.3 Å². The Morgan fingerprint density at radius 2 is 1.94 bits per heavy atom. The molecule has 0 atom stereocenters.